The molecule has 0 bridgehead atoms. The Morgan fingerprint density at radius 1 is 1.05 bits per heavy atom. The van der Waals surface area contributed by atoms with Crippen molar-refractivity contribution in [3.63, 3.8) is 0 Å². The lowest BCUT2D eigenvalue weighted by Crippen LogP contribution is -1.88. The van der Waals surface area contributed by atoms with E-state index in [1.165, 1.54) is 6.07 Å². The highest BCUT2D eigenvalue weighted by Crippen LogP contribution is 2.36. The summed E-state index contributed by atoms with van der Waals surface area (Å²) in [6.45, 7) is 3.85. The lowest BCUT2D eigenvalue weighted by Gasteiger charge is -2.11. The minimum absolute atomic E-state index is 0.342. The van der Waals surface area contributed by atoms with Crippen LogP contribution in [0, 0.1) is 5.82 Å². The highest BCUT2D eigenvalue weighted by Gasteiger charge is 2.12. The Kier molecular flexibility index (Phi) is 3.55. The number of rotatable bonds is 3. The summed E-state index contributed by atoms with van der Waals surface area (Å²) >= 11 is 0. The molecule has 0 aliphatic carbocycles. The van der Waals surface area contributed by atoms with Crippen molar-refractivity contribution in [2.24, 2.45) is 0 Å². The highest BCUT2D eigenvalue weighted by atomic mass is 19.1. The van der Waals surface area contributed by atoms with Crippen molar-refractivity contribution in [3.05, 3.63) is 72.6 Å². The maximum atomic E-state index is 13.6. The zero-order chi connectivity index (χ0) is 15.7. The van der Waals surface area contributed by atoms with Gasteiger partial charge in [0.25, 0.3) is 0 Å². The molecule has 0 saturated carbocycles. The maximum absolute atomic E-state index is 13.6. The predicted octanol–water partition coefficient (Wildman–Crippen LogP) is 4.97. The zero-order valence-corrected chi connectivity index (χ0v) is 12.1. The Hall–Kier alpha value is -2.81. The van der Waals surface area contributed by atoms with Gasteiger partial charge >= 0.3 is 0 Å². The summed E-state index contributed by atoms with van der Waals surface area (Å²) in [5, 5.41) is 11.9. The largest absolute Gasteiger partial charge is 0.504 e. The van der Waals surface area contributed by atoms with Crippen molar-refractivity contribution in [2.75, 3.05) is 7.11 Å². The first-order valence-electron chi connectivity index (χ1n) is 6.85. The molecular formula is C19H15FO2. The number of fused-ring (bicyclic) bond motifs is 1. The number of aromatic hydroxyl groups is 1. The SMILES string of the molecule is C=C(OC)c1ccc2cccc(-c3cccc(F)c3O)c2c1. The maximum Gasteiger partial charge on any atom is 0.165 e. The number of para-hydroxylation sites is 1. The summed E-state index contributed by atoms with van der Waals surface area (Å²) in [6.07, 6.45) is 0. The molecule has 0 unspecified atom stereocenters. The monoisotopic (exact) mass is 294 g/mol. The average molecular weight is 294 g/mol. The van der Waals surface area contributed by atoms with Gasteiger partial charge in [0, 0.05) is 11.1 Å². The standard InChI is InChI=1S/C19H15FO2/c1-12(22-2)14-10-9-13-5-3-6-15(17(13)11-14)16-7-4-8-18(20)19(16)21/h3-11,21H,1H2,2H3. The molecule has 3 rings (SSSR count). The number of benzene rings is 3. The quantitative estimate of drug-likeness (QED) is 0.691. The van der Waals surface area contributed by atoms with Gasteiger partial charge in [0.15, 0.2) is 11.6 Å². The molecule has 3 heteroatoms. The minimum Gasteiger partial charge on any atom is -0.504 e. The summed E-state index contributed by atoms with van der Waals surface area (Å²) < 4.78 is 18.8. The van der Waals surface area contributed by atoms with Crippen LogP contribution in [-0.2, 0) is 4.74 Å². The van der Waals surface area contributed by atoms with Gasteiger partial charge < -0.3 is 9.84 Å². The molecule has 0 aliphatic rings. The van der Waals surface area contributed by atoms with Crippen molar-refractivity contribution >= 4 is 16.5 Å². The third-order valence-electron chi connectivity index (χ3n) is 3.73. The van der Waals surface area contributed by atoms with Crippen LogP contribution in [0.15, 0.2) is 61.2 Å². The molecule has 0 spiro atoms. The summed E-state index contributed by atoms with van der Waals surface area (Å²) in [7, 11) is 1.57. The van der Waals surface area contributed by atoms with Crippen LogP contribution in [0.4, 0.5) is 4.39 Å². The summed E-state index contributed by atoms with van der Waals surface area (Å²) in [5.74, 6) is -0.418. The second kappa shape index (κ2) is 5.53. The fourth-order valence-electron chi connectivity index (χ4n) is 2.53. The van der Waals surface area contributed by atoms with Gasteiger partial charge in [-0.2, -0.15) is 0 Å². The number of phenols is 1. The number of hydrogen-bond donors (Lipinski definition) is 1. The fourth-order valence-corrected chi connectivity index (χ4v) is 2.53. The van der Waals surface area contributed by atoms with E-state index in [1.54, 1.807) is 19.2 Å². The van der Waals surface area contributed by atoms with E-state index < -0.39 is 5.82 Å². The van der Waals surface area contributed by atoms with Crippen molar-refractivity contribution in [3.8, 4) is 16.9 Å². The van der Waals surface area contributed by atoms with E-state index in [1.807, 2.05) is 36.4 Å². The Bertz CT molecular complexity index is 868. The smallest absolute Gasteiger partial charge is 0.165 e. The molecule has 0 fully saturated rings. The molecule has 0 saturated heterocycles. The van der Waals surface area contributed by atoms with E-state index in [0.29, 0.717) is 11.3 Å². The molecule has 3 aromatic rings. The van der Waals surface area contributed by atoms with Crippen molar-refractivity contribution in [1.29, 1.82) is 0 Å². The van der Waals surface area contributed by atoms with Crippen LogP contribution in [0.3, 0.4) is 0 Å². The van der Waals surface area contributed by atoms with Crippen LogP contribution in [0.1, 0.15) is 5.56 Å². The van der Waals surface area contributed by atoms with Gasteiger partial charge in [-0.15, -0.1) is 0 Å². The normalized spacial score (nSPS) is 10.6. The molecule has 3 aromatic carbocycles. The molecule has 0 amide bonds. The van der Waals surface area contributed by atoms with Gasteiger partial charge in [-0.25, -0.2) is 4.39 Å². The second-order valence-corrected chi connectivity index (χ2v) is 5.00. The number of ether oxygens (including phenoxy) is 1. The molecule has 0 aromatic heterocycles. The number of hydrogen-bond acceptors (Lipinski definition) is 2. The van der Waals surface area contributed by atoms with E-state index in [9.17, 15) is 9.50 Å². The molecule has 1 N–H and O–H groups in total. The van der Waals surface area contributed by atoms with Crippen LogP contribution in [-0.4, -0.2) is 12.2 Å². The minimum atomic E-state index is -0.632. The average Bonchev–Trinajstić information content (AvgIpc) is 2.55. The van der Waals surface area contributed by atoms with Crippen molar-refractivity contribution in [1.82, 2.24) is 0 Å². The summed E-state index contributed by atoms with van der Waals surface area (Å²) in [6, 6.07) is 16.0. The number of methoxy groups -OCH3 is 1. The molecule has 22 heavy (non-hydrogen) atoms. The summed E-state index contributed by atoms with van der Waals surface area (Å²) in [4.78, 5) is 0. The van der Waals surface area contributed by atoms with Crippen LogP contribution in [0.5, 0.6) is 5.75 Å². The van der Waals surface area contributed by atoms with Crippen LogP contribution in [0.25, 0.3) is 27.7 Å². The first-order valence-corrected chi connectivity index (χ1v) is 6.85. The lowest BCUT2D eigenvalue weighted by atomic mass is 9.96. The van der Waals surface area contributed by atoms with Crippen molar-refractivity contribution < 1.29 is 14.2 Å². The van der Waals surface area contributed by atoms with E-state index in [2.05, 4.69) is 6.58 Å². The Morgan fingerprint density at radius 2 is 1.77 bits per heavy atom. The van der Waals surface area contributed by atoms with Gasteiger partial charge in [0.2, 0.25) is 0 Å². The molecule has 2 nitrogen and oxygen atoms in total. The first kappa shape index (κ1) is 14.1. The van der Waals surface area contributed by atoms with E-state index >= 15 is 0 Å². The molecular weight excluding hydrogens is 279 g/mol. The van der Waals surface area contributed by atoms with E-state index in [4.69, 9.17) is 4.74 Å². The van der Waals surface area contributed by atoms with Gasteiger partial charge in [-0.1, -0.05) is 49.0 Å². The van der Waals surface area contributed by atoms with E-state index in [-0.39, 0.29) is 5.75 Å². The number of halogens is 1. The summed E-state index contributed by atoms with van der Waals surface area (Å²) in [5.41, 5.74) is 2.07. The topological polar surface area (TPSA) is 29.5 Å². The first-order chi connectivity index (χ1) is 10.6. The van der Waals surface area contributed by atoms with E-state index in [0.717, 1.165) is 21.9 Å². The van der Waals surface area contributed by atoms with Gasteiger partial charge in [-0.3, -0.25) is 0 Å². The van der Waals surface area contributed by atoms with Gasteiger partial charge in [0.1, 0.15) is 5.76 Å². The third-order valence-corrected chi connectivity index (χ3v) is 3.73. The Labute approximate surface area is 128 Å². The Morgan fingerprint density at radius 3 is 2.55 bits per heavy atom. The third kappa shape index (κ3) is 2.31. The lowest BCUT2D eigenvalue weighted by molar-refractivity contribution is 0.371. The van der Waals surface area contributed by atoms with Crippen molar-refractivity contribution in [2.45, 2.75) is 0 Å². The number of phenolic OH excluding ortho intramolecular Hbond substituents is 1. The van der Waals surface area contributed by atoms with Gasteiger partial charge in [0.05, 0.1) is 7.11 Å². The van der Waals surface area contributed by atoms with Crippen LogP contribution < -0.4 is 0 Å². The molecule has 110 valence electrons. The zero-order valence-electron chi connectivity index (χ0n) is 12.1. The molecule has 0 atom stereocenters. The second-order valence-electron chi connectivity index (χ2n) is 5.00. The Balaban J connectivity index is 2.29. The predicted molar refractivity (Wildman–Crippen MR) is 87.0 cm³/mol. The van der Waals surface area contributed by atoms with Crippen LogP contribution in [0.2, 0.25) is 0 Å². The molecule has 0 aliphatic heterocycles. The van der Waals surface area contributed by atoms with Crippen LogP contribution >= 0.6 is 0 Å². The van der Waals surface area contributed by atoms with Gasteiger partial charge in [-0.05, 0) is 28.5 Å². The fraction of sp³-hybridized carbons (Fsp3) is 0.0526. The molecule has 0 heterocycles. The molecule has 0 radical (unpaired) electrons. The highest BCUT2D eigenvalue weighted by molar-refractivity contribution is 5.99.